The van der Waals surface area contributed by atoms with Crippen molar-refractivity contribution in [1.29, 1.82) is 0 Å². The van der Waals surface area contributed by atoms with Gasteiger partial charge in [0, 0.05) is 22.2 Å². The maximum atomic E-state index is 12.9. The SMILES string of the molecule is CCOC(=O)C1=C(c2cccc(Cl)c2)NC(CC)=C(C(=O)SCC)C1CC. The van der Waals surface area contributed by atoms with Crippen LogP contribution in [-0.2, 0) is 14.3 Å². The Morgan fingerprint density at radius 2 is 1.93 bits per heavy atom. The highest BCUT2D eigenvalue weighted by molar-refractivity contribution is 8.14. The number of nitrogens with one attached hydrogen (secondary N) is 1. The maximum absolute atomic E-state index is 12.9. The Hall–Kier alpha value is -1.72. The Kier molecular flexibility index (Phi) is 7.99. The van der Waals surface area contributed by atoms with Crippen LogP contribution in [0.25, 0.3) is 5.70 Å². The first-order chi connectivity index (χ1) is 13.0. The van der Waals surface area contributed by atoms with Crippen molar-refractivity contribution in [2.45, 2.75) is 40.5 Å². The number of dihydropyridines is 1. The zero-order valence-electron chi connectivity index (χ0n) is 16.2. The molecule has 1 heterocycles. The molecule has 27 heavy (non-hydrogen) atoms. The standard InChI is InChI=1S/C21H26ClNO3S/c1-5-15-17(21(25)27-8-4)16(6-2)23-19(18(15)20(24)26-7-3)13-10-9-11-14(22)12-13/h9-12,15,23H,5-8H2,1-4H3. The number of benzene rings is 1. The lowest BCUT2D eigenvalue weighted by molar-refractivity contribution is -0.139. The molecule has 0 aliphatic carbocycles. The number of halogens is 1. The van der Waals surface area contributed by atoms with Crippen molar-refractivity contribution in [3.05, 3.63) is 51.7 Å². The number of allylic oxidation sites excluding steroid dienone is 1. The summed E-state index contributed by atoms with van der Waals surface area (Å²) in [5.41, 5.74) is 3.53. The summed E-state index contributed by atoms with van der Waals surface area (Å²) >= 11 is 7.45. The van der Waals surface area contributed by atoms with E-state index in [1.807, 2.05) is 39.0 Å². The Morgan fingerprint density at radius 3 is 2.48 bits per heavy atom. The lowest BCUT2D eigenvalue weighted by atomic mass is 9.82. The van der Waals surface area contributed by atoms with Gasteiger partial charge in [0.15, 0.2) is 0 Å². The molecule has 2 rings (SSSR count). The summed E-state index contributed by atoms with van der Waals surface area (Å²) in [6.07, 6.45) is 1.30. The van der Waals surface area contributed by atoms with Gasteiger partial charge < -0.3 is 10.1 Å². The number of esters is 1. The first-order valence-electron chi connectivity index (χ1n) is 9.32. The van der Waals surface area contributed by atoms with E-state index in [1.165, 1.54) is 11.8 Å². The molecule has 0 bridgehead atoms. The molecule has 1 aliphatic rings. The summed E-state index contributed by atoms with van der Waals surface area (Å²) in [6, 6.07) is 7.36. The predicted molar refractivity (Wildman–Crippen MR) is 112 cm³/mol. The lowest BCUT2D eigenvalue weighted by Crippen LogP contribution is -2.33. The fraction of sp³-hybridized carbons (Fsp3) is 0.429. The molecule has 0 radical (unpaired) electrons. The van der Waals surface area contributed by atoms with E-state index in [2.05, 4.69) is 5.32 Å². The van der Waals surface area contributed by atoms with Crippen molar-refractivity contribution in [3.8, 4) is 0 Å². The van der Waals surface area contributed by atoms with Gasteiger partial charge in [-0.2, -0.15) is 0 Å². The van der Waals surface area contributed by atoms with Crippen molar-refractivity contribution in [1.82, 2.24) is 5.32 Å². The number of carbonyl (C=O) groups excluding carboxylic acids is 2. The maximum Gasteiger partial charge on any atom is 0.336 e. The molecule has 1 atom stereocenters. The van der Waals surface area contributed by atoms with Crippen molar-refractivity contribution in [2.75, 3.05) is 12.4 Å². The Bertz CT molecular complexity index is 785. The topological polar surface area (TPSA) is 55.4 Å². The molecule has 0 saturated heterocycles. The van der Waals surface area contributed by atoms with Gasteiger partial charge in [0.05, 0.1) is 17.9 Å². The highest BCUT2D eigenvalue weighted by atomic mass is 35.5. The van der Waals surface area contributed by atoms with E-state index in [9.17, 15) is 9.59 Å². The fourth-order valence-electron chi connectivity index (χ4n) is 3.30. The quantitative estimate of drug-likeness (QED) is 0.630. The minimum atomic E-state index is -0.395. The third-order valence-electron chi connectivity index (χ3n) is 4.43. The van der Waals surface area contributed by atoms with Crippen LogP contribution in [0.5, 0.6) is 0 Å². The molecule has 4 nitrogen and oxygen atoms in total. The largest absolute Gasteiger partial charge is 0.463 e. The number of hydrogen-bond acceptors (Lipinski definition) is 5. The first-order valence-corrected chi connectivity index (χ1v) is 10.7. The molecule has 1 aromatic rings. The summed E-state index contributed by atoms with van der Waals surface area (Å²) in [6.45, 7) is 8.00. The lowest BCUT2D eigenvalue weighted by Gasteiger charge is -2.32. The third kappa shape index (κ3) is 4.77. The molecular weight excluding hydrogens is 382 g/mol. The second-order valence-electron chi connectivity index (χ2n) is 6.07. The Balaban J connectivity index is 2.67. The van der Waals surface area contributed by atoms with Crippen LogP contribution in [0.3, 0.4) is 0 Å². The van der Waals surface area contributed by atoms with E-state index in [0.717, 1.165) is 11.3 Å². The van der Waals surface area contributed by atoms with Gasteiger partial charge in [0.1, 0.15) is 0 Å². The molecule has 0 spiro atoms. The molecule has 1 N–H and O–H groups in total. The second kappa shape index (κ2) is 10.00. The summed E-state index contributed by atoms with van der Waals surface area (Å²) in [4.78, 5) is 25.7. The van der Waals surface area contributed by atoms with Crippen molar-refractivity contribution < 1.29 is 14.3 Å². The van der Waals surface area contributed by atoms with Gasteiger partial charge in [-0.15, -0.1) is 0 Å². The molecule has 1 aromatic carbocycles. The Labute approximate surface area is 170 Å². The van der Waals surface area contributed by atoms with E-state index in [1.54, 1.807) is 13.0 Å². The molecule has 1 unspecified atom stereocenters. The van der Waals surface area contributed by atoms with Crippen molar-refractivity contribution >= 4 is 40.1 Å². The average molecular weight is 408 g/mol. The number of ether oxygens (including phenoxy) is 1. The van der Waals surface area contributed by atoms with E-state index in [-0.39, 0.29) is 17.6 Å². The molecule has 0 fully saturated rings. The van der Waals surface area contributed by atoms with Crippen LogP contribution >= 0.6 is 23.4 Å². The monoisotopic (exact) mass is 407 g/mol. The molecule has 0 saturated carbocycles. The van der Waals surface area contributed by atoms with Gasteiger partial charge in [-0.05, 0) is 43.2 Å². The molecule has 0 amide bonds. The first kappa shape index (κ1) is 21.6. The van der Waals surface area contributed by atoms with E-state index in [4.69, 9.17) is 16.3 Å². The molecular formula is C21H26ClNO3S. The van der Waals surface area contributed by atoms with Crippen LogP contribution in [0.1, 0.15) is 46.1 Å². The Morgan fingerprint density at radius 1 is 1.19 bits per heavy atom. The van der Waals surface area contributed by atoms with Gasteiger partial charge >= 0.3 is 5.97 Å². The van der Waals surface area contributed by atoms with Crippen LogP contribution in [0, 0.1) is 5.92 Å². The van der Waals surface area contributed by atoms with Crippen molar-refractivity contribution in [3.63, 3.8) is 0 Å². The third-order valence-corrected chi connectivity index (χ3v) is 5.44. The molecule has 0 aromatic heterocycles. The second-order valence-corrected chi connectivity index (χ2v) is 7.74. The van der Waals surface area contributed by atoms with Gasteiger partial charge in [-0.25, -0.2) is 4.79 Å². The summed E-state index contributed by atoms with van der Waals surface area (Å²) in [5, 5.41) is 3.96. The van der Waals surface area contributed by atoms with E-state index >= 15 is 0 Å². The van der Waals surface area contributed by atoms with Crippen molar-refractivity contribution in [2.24, 2.45) is 5.92 Å². The number of carbonyl (C=O) groups is 2. The van der Waals surface area contributed by atoms with Crippen LogP contribution < -0.4 is 5.32 Å². The number of thioether (sulfide) groups is 1. The molecule has 6 heteroatoms. The average Bonchev–Trinajstić information content (AvgIpc) is 2.66. The van der Waals surface area contributed by atoms with Crippen LogP contribution in [0.2, 0.25) is 5.02 Å². The number of rotatable bonds is 7. The highest BCUT2D eigenvalue weighted by Gasteiger charge is 2.37. The molecule has 146 valence electrons. The summed E-state index contributed by atoms with van der Waals surface area (Å²) < 4.78 is 5.34. The zero-order valence-corrected chi connectivity index (χ0v) is 17.8. The van der Waals surface area contributed by atoms with E-state index < -0.39 is 5.97 Å². The predicted octanol–water partition coefficient (Wildman–Crippen LogP) is 5.19. The van der Waals surface area contributed by atoms with Crippen LogP contribution in [0.4, 0.5) is 0 Å². The van der Waals surface area contributed by atoms with Gasteiger partial charge in [0.2, 0.25) is 5.12 Å². The van der Waals surface area contributed by atoms with Crippen LogP contribution in [-0.4, -0.2) is 23.4 Å². The highest BCUT2D eigenvalue weighted by Crippen LogP contribution is 2.39. The smallest absolute Gasteiger partial charge is 0.336 e. The van der Waals surface area contributed by atoms with E-state index in [0.29, 0.717) is 40.5 Å². The number of hydrogen-bond donors (Lipinski definition) is 1. The summed E-state index contributed by atoms with van der Waals surface area (Å²) in [7, 11) is 0. The summed E-state index contributed by atoms with van der Waals surface area (Å²) in [5.74, 6) is -0.00964. The molecule has 1 aliphatic heterocycles. The van der Waals surface area contributed by atoms with Gasteiger partial charge in [0.25, 0.3) is 0 Å². The van der Waals surface area contributed by atoms with Gasteiger partial charge in [-0.3, -0.25) is 4.79 Å². The van der Waals surface area contributed by atoms with Crippen LogP contribution in [0.15, 0.2) is 41.1 Å². The fourth-order valence-corrected chi connectivity index (χ4v) is 4.17. The normalized spacial score (nSPS) is 17.0. The van der Waals surface area contributed by atoms with Gasteiger partial charge in [-0.1, -0.05) is 56.3 Å². The minimum absolute atomic E-state index is 0.0145. The minimum Gasteiger partial charge on any atom is -0.463 e. The zero-order chi connectivity index (χ0) is 20.0.